The number of benzene rings is 2. The van der Waals surface area contributed by atoms with E-state index in [0.717, 1.165) is 16.9 Å². The average molecular weight is 318 g/mol. The zero-order valence-corrected chi connectivity index (χ0v) is 12.9. The Morgan fingerprint density at radius 2 is 1.71 bits per heavy atom. The second-order valence-electron chi connectivity index (χ2n) is 4.99. The standard InChI is InChI=1S/C17H13Cl2NO/c1-11-2-4-12(5-3-11)16-8-9-17(21)20(16)13-6-7-14(18)15(19)10-13/h2-8,10H,9H2,1H3. The first kappa shape index (κ1) is 14.2. The molecule has 0 fully saturated rings. The molecule has 1 heterocycles. The van der Waals surface area contributed by atoms with Gasteiger partial charge in [0, 0.05) is 6.42 Å². The summed E-state index contributed by atoms with van der Waals surface area (Å²) in [5.74, 6) is 0.0314. The van der Waals surface area contributed by atoms with Crippen LogP contribution in [-0.4, -0.2) is 5.91 Å². The monoisotopic (exact) mass is 317 g/mol. The zero-order valence-electron chi connectivity index (χ0n) is 11.4. The van der Waals surface area contributed by atoms with Crippen LogP contribution < -0.4 is 4.90 Å². The van der Waals surface area contributed by atoms with Crippen molar-refractivity contribution in [3.8, 4) is 0 Å². The van der Waals surface area contributed by atoms with Crippen molar-refractivity contribution in [2.24, 2.45) is 0 Å². The normalized spacial score (nSPS) is 14.5. The van der Waals surface area contributed by atoms with Gasteiger partial charge in [0.05, 0.1) is 21.4 Å². The lowest BCUT2D eigenvalue weighted by atomic mass is 10.1. The molecular formula is C17H13Cl2NO. The lowest BCUT2D eigenvalue weighted by molar-refractivity contribution is -0.116. The van der Waals surface area contributed by atoms with E-state index < -0.39 is 0 Å². The molecule has 0 aromatic heterocycles. The highest BCUT2D eigenvalue weighted by Crippen LogP contribution is 2.35. The quantitative estimate of drug-likeness (QED) is 0.756. The molecule has 0 saturated carbocycles. The van der Waals surface area contributed by atoms with Gasteiger partial charge in [-0.05, 0) is 30.7 Å². The Labute approximate surface area is 133 Å². The SMILES string of the molecule is Cc1ccc(C2=CCC(=O)N2c2ccc(Cl)c(Cl)c2)cc1. The summed E-state index contributed by atoms with van der Waals surface area (Å²) in [6.45, 7) is 2.04. The molecule has 2 aromatic rings. The molecule has 0 bridgehead atoms. The molecule has 1 aliphatic rings. The molecule has 4 heteroatoms. The van der Waals surface area contributed by atoms with Crippen LogP contribution in [0.4, 0.5) is 5.69 Å². The summed E-state index contributed by atoms with van der Waals surface area (Å²) >= 11 is 12.0. The van der Waals surface area contributed by atoms with Crippen LogP contribution in [0.1, 0.15) is 17.5 Å². The molecule has 0 saturated heterocycles. The summed E-state index contributed by atoms with van der Waals surface area (Å²) in [6.07, 6.45) is 2.33. The second-order valence-corrected chi connectivity index (χ2v) is 5.80. The summed E-state index contributed by atoms with van der Waals surface area (Å²) in [7, 11) is 0. The minimum atomic E-state index is 0.0314. The molecular weight excluding hydrogens is 305 g/mol. The first-order valence-electron chi connectivity index (χ1n) is 6.61. The Hall–Kier alpha value is -1.77. The number of carbonyl (C=O) groups excluding carboxylic acids is 1. The number of carbonyl (C=O) groups is 1. The first-order chi connectivity index (χ1) is 10.1. The van der Waals surface area contributed by atoms with E-state index in [2.05, 4.69) is 0 Å². The van der Waals surface area contributed by atoms with E-state index in [1.807, 2.05) is 37.3 Å². The van der Waals surface area contributed by atoms with Gasteiger partial charge in [-0.1, -0.05) is 59.1 Å². The third-order valence-corrected chi connectivity index (χ3v) is 4.21. The van der Waals surface area contributed by atoms with E-state index in [-0.39, 0.29) is 5.91 Å². The molecule has 2 aromatic carbocycles. The Morgan fingerprint density at radius 3 is 2.38 bits per heavy atom. The fraction of sp³-hybridized carbons (Fsp3) is 0.118. The molecule has 106 valence electrons. The summed E-state index contributed by atoms with van der Waals surface area (Å²) in [5, 5.41) is 0.921. The van der Waals surface area contributed by atoms with Gasteiger partial charge in [-0.3, -0.25) is 9.69 Å². The van der Waals surface area contributed by atoms with Gasteiger partial charge in [0.2, 0.25) is 5.91 Å². The highest BCUT2D eigenvalue weighted by atomic mass is 35.5. The maximum atomic E-state index is 12.2. The van der Waals surface area contributed by atoms with Gasteiger partial charge in [0.15, 0.2) is 0 Å². The van der Waals surface area contributed by atoms with E-state index in [4.69, 9.17) is 23.2 Å². The number of rotatable bonds is 2. The zero-order chi connectivity index (χ0) is 15.0. The van der Waals surface area contributed by atoms with Crippen molar-refractivity contribution in [1.82, 2.24) is 0 Å². The van der Waals surface area contributed by atoms with Crippen molar-refractivity contribution < 1.29 is 4.79 Å². The number of nitrogens with zero attached hydrogens (tertiary/aromatic N) is 1. The Balaban J connectivity index is 2.03. The Kier molecular flexibility index (Phi) is 3.75. The van der Waals surface area contributed by atoms with E-state index in [1.54, 1.807) is 23.1 Å². The highest BCUT2D eigenvalue weighted by Gasteiger charge is 2.26. The Bertz CT molecular complexity index is 735. The molecule has 0 radical (unpaired) electrons. The maximum Gasteiger partial charge on any atom is 0.235 e. The number of aryl methyl sites for hydroxylation is 1. The fourth-order valence-corrected chi connectivity index (χ4v) is 2.67. The van der Waals surface area contributed by atoms with Crippen molar-refractivity contribution in [2.75, 3.05) is 4.90 Å². The predicted molar refractivity (Wildman–Crippen MR) is 87.7 cm³/mol. The molecule has 3 rings (SSSR count). The summed E-state index contributed by atoms with van der Waals surface area (Å²) in [5.41, 5.74) is 3.82. The van der Waals surface area contributed by atoms with Crippen molar-refractivity contribution in [3.05, 3.63) is 69.7 Å². The maximum absolute atomic E-state index is 12.2. The van der Waals surface area contributed by atoms with Crippen LogP contribution in [0.2, 0.25) is 10.0 Å². The number of hydrogen-bond donors (Lipinski definition) is 0. The molecule has 21 heavy (non-hydrogen) atoms. The van der Waals surface area contributed by atoms with Crippen LogP contribution in [0.25, 0.3) is 5.70 Å². The molecule has 0 aliphatic carbocycles. The van der Waals surface area contributed by atoms with Gasteiger partial charge in [0.1, 0.15) is 0 Å². The van der Waals surface area contributed by atoms with E-state index in [9.17, 15) is 4.79 Å². The molecule has 0 spiro atoms. The number of anilines is 1. The molecule has 0 atom stereocenters. The smallest absolute Gasteiger partial charge is 0.235 e. The predicted octanol–water partition coefficient (Wildman–Crippen LogP) is 5.08. The highest BCUT2D eigenvalue weighted by molar-refractivity contribution is 6.42. The molecule has 0 N–H and O–H groups in total. The first-order valence-corrected chi connectivity index (χ1v) is 7.37. The van der Waals surface area contributed by atoms with Crippen LogP contribution in [0, 0.1) is 6.92 Å². The minimum absolute atomic E-state index is 0.0314. The largest absolute Gasteiger partial charge is 0.280 e. The summed E-state index contributed by atoms with van der Waals surface area (Å²) in [4.78, 5) is 13.9. The topological polar surface area (TPSA) is 20.3 Å². The molecule has 1 amide bonds. The summed E-state index contributed by atoms with van der Waals surface area (Å²) < 4.78 is 0. The van der Waals surface area contributed by atoms with Crippen molar-refractivity contribution in [1.29, 1.82) is 0 Å². The lowest BCUT2D eigenvalue weighted by Crippen LogP contribution is -2.23. The Morgan fingerprint density at radius 1 is 1.00 bits per heavy atom. The van der Waals surface area contributed by atoms with E-state index in [1.165, 1.54) is 5.56 Å². The third kappa shape index (κ3) is 2.69. The summed E-state index contributed by atoms with van der Waals surface area (Å²) in [6, 6.07) is 13.3. The minimum Gasteiger partial charge on any atom is -0.280 e. The van der Waals surface area contributed by atoms with Gasteiger partial charge in [-0.25, -0.2) is 0 Å². The van der Waals surface area contributed by atoms with Gasteiger partial charge < -0.3 is 0 Å². The average Bonchev–Trinajstić information content (AvgIpc) is 2.85. The molecule has 0 unspecified atom stereocenters. The van der Waals surface area contributed by atoms with Crippen LogP contribution in [0.5, 0.6) is 0 Å². The van der Waals surface area contributed by atoms with Crippen molar-refractivity contribution in [2.45, 2.75) is 13.3 Å². The molecule has 2 nitrogen and oxygen atoms in total. The lowest BCUT2D eigenvalue weighted by Gasteiger charge is -2.21. The van der Waals surface area contributed by atoms with E-state index >= 15 is 0 Å². The van der Waals surface area contributed by atoms with Gasteiger partial charge in [-0.15, -0.1) is 0 Å². The van der Waals surface area contributed by atoms with Crippen LogP contribution in [-0.2, 0) is 4.79 Å². The number of halogens is 2. The van der Waals surface area contributed by atoms with Crippen molar-refractivity contribution in [3.63, 3.8) is 0 Å². The van der Waals surface area contributed by atoms with Crippen LogP contribution >= 0.6 is 23.2 Å². The van der Waals surface area contributed by atoms with Crippen LogP contribution in [0.3, 0.4) is 0 Å². The van der Waals surface area contributed by atoms with Crippen LogP contribution in [0.15, 0.2) is 48.5 Å². The number of amides is 1. The third-order valence-electron chi connectivity index (χ3n) is 3.47. The molecule has 1 aliphatic heterocycles. The van der Waals surface area contributed by atoms with E-state index in [0.29, 0.717) is 16.5 Å². The fourth-order valence-electron chi connectivity index (χ4n) is 2.38. The van der Waals surface area contributed by atoms with Gasteiger partial charge in [-0.2, -0.15) is 0 Å². The number of hydrogen-bond acceptors (Lipinski definition) is 1. The van der Waals surface area contributed by atoms with Gasteiger partial charge >= 0.3 is 0 Å². The second kappa shape index (κ2) is 5.55. The van der Waals surface area contributed by atoms with Gasteiger partial charge in [0.25, 0.3) is 0 Å². The van der Waals surface area contributed by atoms with Crippen molar-refractivity contribution >= 4 is 40.5 Å².